The second kappa shape index (κ2) is 18.4. The summed E-state index contributed by atoms with van der Waals surface area (Å²) in [7, 11) is 0. The molecule has 1 aliphatic carbocycles. The fourth-order valence-electron chi connectivity index (χ4n) is 4.99. The van der Waals surface area contributed by atoms with Crippen molar-refractivity contribution in [2.24, 2.45) is 10.8 Å². The van der Waals surface area contributed by atoms with Crippen LogP contribution in [0.3, 0.4) is 0 Å². The van der Waals surface area contributed by atoms with Crippen molar-refractivity contribution in [3.63, 3.8) is 0 Å². The lowest BCUT2D eigenvalue weighted by Crippen LogP contribution is -2.51. The quantitative estimate of drug-likeness (QED) is 0.133. The normalized spacial score (nSPS) is 19.5. The molecule has 0 aliphatic heterocycles. The summed E-state index contributed by atoms with van der Waals surface area (Å²) in [5.74, 6) is -2.88. The van der Waals surface area contributed by atoms with Gasteiger partial charge in [-0.25, -0.2) is 28.8 Å². The van der Waals surface area contributed by atoms with Crippen molar-refractivity contribution in [3.8, 4) is 0 Å². The van der Waals surface area contributed by atoms with Crippen LogP contribution in [0.15, 0.2) is 49.6 Å². The minimum atomic E-state index is -1.10. The second-order valence-corrected chi connectivity index (χ2v) is 12.2. The van der Waals surface area contributed by atoms with E-state index >= 15 is 0 Å². The molecule has 1 rings (SSSR count). The third kappa shape index (κ3) is 15.4. The van der Waals surface area contributed by atoms with E-state index in [1.807, 2.05) is 20.8 Å². The molecule has 1 aliphatic rings. The molecule has 46 heavy (non-hydrogen) atoms. The van der Waals surface area contributed by atoms with Gasteiger partial charge in [0.1, 0.15) is 26.4 Å². The molecule has 1 fully saturated rings. The molecule has 14 heteroatoms. The summed E-state index contributed by atoms with van der Waals surface area (Å²) in [6.45, 7) is 21.2. The van der Waals surface area contributed by atoms with Crippen LogP contribution in [-0.2, 0) is 47.6 Å². The van der Waals surface area contributed by atoms with Crippen LogP contribution < -0.4 is 10.6 Å². The highest BCUT2D eigenvalue weighted by Crippen LogP contribution is 2.45. The van der Waals surface area contributed by atoms with Gasteiger partial charge in [-0.05, 0) is 43.9 Å². The summed E-state index contributed by atoms with van der Waals surface area (Å²) in [6, 6.07) is -0.374. The first kappa shape index (κ1) is 39.4. The molecule has 0 saturated heterocycles. The molecule has 0 spiro atoms. The lowest BCUT2D eigenvalue weighted by molar-refractivity contribution is -0.148. The molecule has 4 unspecified atom stereocenters. The predicted octanol–water partition coefficient (Wildman–Crippen LogP) is 3.46. The molecule has 0 bridgehead atoms. The Labute approximate surface area is 269 Å². The first-order valence-electron chi connectivity index (χ1n) is 14.5. The monoisotopic (exact) mass is 650 g/mol. The number of nitrogens with one attached hydrogen (secondary N) is 2. The van der Waals surface area contributed by atoms with E-state index < -0.39 is 53.7 Å². The Kier molecular flexibility index (Phi) is 15.7. The van der Waals surface area contributed by atoms with Gasteiger partial charge in [-0.2, -0.15) is 0 Å². The molecular weight excluding hydrogens is 604 g/mol. The molecule has 0 heterocycles. The summed E-state index contributed by atoms with van der Waals surface area (Å²) >= 11 is 0. The van der Waals surface area contributed by atoms with E-state index in [0.29, 0.717) is 19.3 Å². The standard InChI is InChI=1S/C32H46N2O12/c1-10-25(35)41-14-23(16-43-27(37)20(3)4)45-29(39)33-19-32(9)13-22(12-31(7,8)18-32)34-30(40)46-24(15-42-26(36)11-2)17-44-28(38)21(5)6/h10-11,22-24H,1-3,5,12-19H2,4,6-9H3,(H,33,39)(H,34,40). The van der Waals surface area contributed by atoms with Gasteiger partial charge in [0.2, 0.25) is 0 Å². The van der Waals surface area contributed by atoms with E-state index in [9.17, 15) is 28.8 Å². The maximum atomic E-state index is 12.9. The van der Waals surface area contributed by atoms with E-state index in [2.05, 4.69) is 36.9 Å². The number of hydrogen-bond acceptors (Lipinski definition) is 12. The molecular formula is C32H46N2O12. The number of carbonyl (C=O) groups excluding carboxylic acids is 6. The Morgan fingerprint density at radius 3 is 1.61 bits per heavy atom. The first-order chi connectivity index (χ1) is 21.4. The zero-order valence-electron chi connectivity index (χ0n) is 27.3. The van der Waals surface area contributed by atoms with Crippen molar-refractivity contribution < 1.29 is 57.2 Å². The van der Waals surface area contributed by atoms with Gasteiger partial charge in [0.05, 0.1) is 0 Å². The third-order valence-electron chi connectivity index (χ3n) is 6.63. The van der Waals surface area contributed by atoms with Gasteiger partial charge < -0.3 is 39.1 Å². The van der Waals surface area contributed by atoms with Crippen LogP contribution in [0, 0.1) is 10.8 Å². The van der Waals surface area contributed by atoms with E-state index in [1.165, 1.54) is 13.8 Å². The summed E-state index contributed by atoms with van der Waals surface area (Å²) in [5.41, 5.74) is -0.481. The molecule has 2 N–H and O–H groups in total. The third-order valence-corrected chi connectivity index (χ3v) is 6.63. The van der Waals surface area contributed by atoms with Gasteiger partial charge in [0, 0.05) is 35.9 Å². The average molecular weight is 651 g/mol. The van der Waals surface area contributed by atoms with Gasteiger partial charge >= 0.3 is 36.1 Å². The fourth-order valence-corrected chi connectivity index (χ4v) is 4.99. The number of amides is 2. The minimum absolute atomic E-state index is 0.143. The van der Waals surface area contributed by atoms with Gasteiger partial charge in [-0.1, -0.05) is 47.1 Å². The molecule has 0 aromatic heterocycles. The van der Waals surface area contributed by atoms with Crippen molar-refractivity contribution in [3.05, 3.63) is 49.6 Å². The molecule has 0 aromatic carbocycles. The Hall–Kier alpha value is -4.62. The lowest BCUT2D eigenvalue weighted by Gasteiger charge is -2.46. The van der Waals surface area contributed by atoms with Crippen LogP contribution in [0.2, 0.25) is 0 Å². The van der Waals surface area contributed by atoms with E-state index in [4.69, 9.17) is 28.4 Å². The molecule has 0 radical (unpaired) electrons. The highest BCUT2D eigenvalue weighted by molar-refractivity contribution is 5.87. The summed E-state index contributed by atoms with van der Waals surface area (Å²) in [4.78, 5) is 72.3. The van der Waals surface area contributed by atoms with E-state index in [0.717, 1.165) is 12.2 Å². The molecule has 0 aromatic rings. The number of esters is 4. The average Bonchev–Trinajstić information content (AvgIpc) is 2.96. The summed E-state index contributed by atoms with van der Waals surface area (Å²) in [5, 5.41) is 5.54. The van der Waals surface area contributed by atoms with Crippen molar-refractivity contribution in [2.75, 3.05) is 33.0 Å². The number of carbonyl (C=O) groups is 6. The highest BCUT2D eigenvalue weighted by Gasteiger charge is 2.42. The van der Waals surface area contributed by atoms with Crippen LogP contribution in [0.5, 0.6) is 0 Å². The maximum Gasteiger partial charge on any atom is 0.407 e. The van der Waals surface area contributed by atoms with Crippen LogP contribution in [0.1, 0.15) is 53.9 Å². The van der Waals surface area contributed by atoms with Crippen molar-refractivity contribution >= 4 is 36.1 Å². The van der Waals surface area contributed by atoms with Gasteiger partial charge in [-0.15, -0.1) is 0 Å². The predicted molar refractivity (Wildman–Crippen MR) is 165 cm³/mol. The van der Waals surface area contributed by atoms with Crippen molar-refractivity contribution in [2.45, 2.75) is 72.1 Å². The lowest BCUT2D eigenvalue weighted by atomic mass is 9.62. The minimum Gasteiger partial charge on any atom is -0.458 e. The van der Waals surface area contributed by atoms with Gasteiger partial charge in [-0.3, -0.25) is 0 Å². The Morgan fingerprint density at radius 1 is 0.739 bits per heavy atom. The molecule has 256 valence electrons. The van der Waals surface area contributed by atoms with Crippen molar-refractivity contribution in [1.29, 1.82) is 0 Å². The number of rotatable bonds is 17. The fraction of sp³-hybridized carbons (Fsp3) is 0.562. The Morgan fingerprint density at radius 2 is 1.17 bits per heavy atom. The zero-order valence-corrected chi connectivity index (χ0v) is 27.3. The molecule has 4 atom stereocenters. The van der Waals surface area contributed by atoms with Crippen LogP contribution >= 0.6 is 0 Å². The molecule has 2 amide bonds. The Bertz CT molecular complexity index is 1190. The summed E-state index contributed by atoms with van der Waals surface area (Å²) < 4.78 is 30.8. The molecule has 1 saturated carbocycles. The number of hydrogen-bond donors (Lipinski definition) is 2. The topological polar surface area (TPSA) is 182 Å². The van der Waals surface area contributed by atoms with E-state index in [-0.39, 0.29) is 55.6 Å². The highest BCUT2D eigenvalue weighted by atomic mass is 16.6. The van der Waals surface area contributed by atoms with Crippen LogP contribution in [0.4, 0.5) is 9.59 Å². The number of alkyl carbamates (subject to hydrolysis) is 2. The van der Waals surface area contributed by atoms with Crippen LogP contribution in [-0.4, -0.2) is 87.3 Å². The molecule has 14 nitrogen and oxygen atoms in total. The SMILES string of the molecule is C=CC(=O)OCC(COC(=O)C(=C)C)OC(=O)NCC1(C)CC(NC(=O)OC(COC(=O)C=C)COC(=O)C(=C)C)CC(C)(C)C1. The van der Waals surface area contributed by atoms with Gasteiger partial charge in [0.15, 0.2) is 12.2 Å². The zero-order chi connectivity index (χ0) is 35.1. The second-order valence-electron chi connectivity index (χ2n) is 12.2. The van der Waals surface area contributed by atoms with E-state index in [1.54, 1.807) is 0 Å². The Balaban J connectivity index is 2.86. The van der Waals surface area contributed by atoms with Crippen LogP contribution in [0.25, 0.3) is 0 Å². The first-order valence-corrected chi connectivity index (χ1v) is 14.5. The largest absolute Gasteiger partial charge is 0.458 e. The number of ether oxygens (including phenoxy) is 6. The van der Waals surface area contributed by atoms with Crippen molar-refractivity contribution in [1.82, 2.24) is 10.6 Å². The smallest absolute Gasteiger partial charge is 0.407 e. The summed E-state index contributed by atoms with van der Waals surface area (Å²) in [6.07, 6.45) is -0.232. The van der Waals surface area contributed by atoms with Gasteiger partial charge in [0.25, 0.3) is 0 Å². The maximum absolute atomic E-state index is 12.9.